The molecule has 2 N–H and O–H groups in total. The summed E-state index contributed by atoms with van der Waals surface area (Å²) < 4.78 is 0. The first-order valence-electron chi connectivity index (χ1n) is 9.55. The van der Waals surface area contributed by atoms with Crippen LogP contribution in [0.15, 0.2) is 0 Å². The Hall–Kier alpha value is -0.120. The Kier molecular flexibility index (Phi) is 5.96. The highest BCUT2D eigenvalue weighted by Crippen LogP contribution is 2.30. The summed E-state index contributed by atoms with van der Waals surface area (Å²) in [6.07, 6.45) is 14.3. The van der Waals surface area contributed by atoms with Crippen LogP contribution in [0, 0.1) is 5.92 Å². The van der Waals surface area contributed by atoms with E-state index in [0.29, 0.717) is 6.04 Å². The van der Waals surface area contributed by atoms with Crippen molar-refractivity contribution in [3.63, 3.8) is 0 Å². The topological polar surface area (TPSA) is 32.5 Å². The van der Waals surface area contributed by atoms with Crippen LogP contribution in [0.3, 0.4) is 0 Å². The van der Waals surface area contributed by atoms with Crippen LogP contribution >= 0.6 is 0 Å². The van der Waals surface area contributed by atoms with E-state index in [2.05, 4.69) is 9.80 Å². The minimum absolute atomic E-state index is 0.655. The number of nitrogens with two attached hydrogens (primary N) is 1. The van der Waals surface area contributed by atoms with Crippen LogP contribution in [-0.2, 0) is 0 Å². The Labute approximate surface area is 131 Å². The molecule has 0 radical (unpaired) electrons. The average molecular weight is 293 g/mol. The lowest BCUT2D eigenvalue weighted by Crippen LogP contribution is -2.45. The summed E-state index contributed by atoms with van der Waals surface area (Å²) in [4.78, 5) is 5.49. The van der Waals surface area contributed by atoms with Gasteiger partial charge in [0, 0.05) is 31.7 Å². The van der Waals surface area contributed by atoms with Gasteiger partial charge in [-0.3, -0.25) is 9.80 Å². The first-order valence-corrected chi connectivity index (χ1v) is 9.55. The summed E-state index contributed by atoms with van der Waals surface area (Å²) in [7, 11) is 0. The maximum Gasteiger partial charge on any atom is 0.0235 e. The summed E-state index contributed by atoms with van der Waals surface area (Å²) in [6.45, 7) is 6.12. The van der Waals surface area contributed by atoms with Crippen LogP contribution in [-0.4, -0.2) is 54.6 Å². The third-order valence-corrected chi connectivity index (χ3v) is 6.22. The minimum Gasteiger partial charge on any atom is -0.329 e. The third-order valence-electron chi connectivity index (χ3n) is 6.22. The van der Waals surface area contributed by atoms with Crippen LogP contribution in [0.1, 0.15) is 64.2 Å². The fraction of sp³-hybridized carbons (Fsp3) is 1.00. The maximum atomic E-state index is 6.14. The highest BCUT2D eigenvalue weighted by atomic mass is 15.3. The molecule has 3 heteroatoms. The second kappa shape index (κ2) is 7.94. The zero-order valence-electron chi connectivity index (χ0n) is 13.8. The number of rotatable bonds is 5. The van der Waals surface area contributed by atoms with Crippen molar-refractivity contribution in [2.75, 3.05) is 32.7 Å². The van der Waals surface area contributed by atoms with Crippen molar-refractivity contribution in [3.05, 3.63) is 0 Å². The van der Waals surface area contributed by atoms with Crippen molar-refractivity contribution < 1.29 is 0 Å². The summed E-state index contributed by atoms with van der Waals surface area (Å²) >= 11 is 0. The van der Waals surface area contributed by atoms with E-state index in [1.165, 1.54) is 90.4 Å². The molecule has 21 heavy (non-hydrogen) atoms. The Morgan fingerprint density at radius 3 is 2.29 bits per heavy atom. The molecule has 1 aliphatic carbocycles. The van der Waals surface area contributed by atoms with E-state index in [9.17, 15) is 0 Å². The van der Waals surface area contributed by atoms with E-state index in [0.717, 1.165) is 18.5 Å². The second-order valence-electron chi connectivity index (χ2n) is 7.66. The van der Waals surface area contributed by atoms with Crippen molar-refractivity contribution in [1.82, 2.24) is 9.80 Å². The van der Waals surface area contributed by atoms with Gasteiger partial charge in [0.1, 0.15) is 0 Å². The van der Waals surface area contributed by atoms with Crippen molar-refractivity contribution in [1.29, 1.82) is 0 Å². The van der Waals surface area contributed by atoms with Gasteiger partial charge in [-0.15, -0.1) is 0 Å². The molecular weight excluding hydrogens is 258 g/mol. The number of hydrogen-bond donors (Lipinski definition) is 1. The number of nitrogens with zero attached hydrogens (tertiary/aromatic N) is 2. The molecule has 1 saturated carbocycles. The van der Waals surface area contributed by atoms with Crippen molar-refractivity contribution in [3.8, 4) is 0 Å². The van der Waals surface area contributed by atoms with Gasteiger partial charge in [-0.1, -0.05) is 38.5 Å². The van der Waals surface area contributed by atoms with Crippen LogP contribution in [0.5, 0.6) is 0 Å². The first-order chi connectivity index (χ1) is 10.4. The van der Waals surface area contributed by atoms with E-state index in [1.54, 1.807) is 0 Å². The standard InChI is InChI=1S/C18H35N3/c19-14-18(13-16-7-3-1-4-8-16)21-12-9-17(15-21)20-10-5-2-6-11-20/h16-18H,1-15,19H2. The molecule has 122 valence electrons. The number of piperidine rings is 1. The Bertz CT molecular complexity index is 295. The van der Waals surface area contributed by atoms with Gasteiger partial charge in [0.2, 0.25) is 0 Å². The molecule has 3 nitrogen and oxygen atoms in total. The van der Waals surface area contributed by atoms with Crippen LogP contribution < -0.4 is 5.73 Å². The lowest BCUT2D eigenvalue weighted by molar-refractivity contribution is 0.142. The predicted molar refractivity (Wildman–Crippen MR) is 89.4 cm³/mol. The molecule has 0 amide bonds. The van der Waals surface area contributed by atoms with Gasteiger partial charge in [-0.25, -0.2) is 0 Å². The van der Waals surface area contributed by atoms with Crippen LogP contribution in [0.2, 0.25) is 0 Å². The number of likely N-dealkylation sites (tertiary alicyclic amines) is 2. The quantitative estimate of drug-likeness (QED) is 0.846. The summed E-state index contributed by atoms with van der Waals surface area (Å²) in [6, 6.07) is 1.48. The summed E-state index contributed by atoms with van der Waals surface area (Å²) in [5.74, 6) is 0.960. The highest BCUT2D eigenvalue weighted by molar-refractivity contribution is 4.89. The van der Waals surface area contributed by atoms with Gasteiger partial charge in [-0.2, -0.15) is 0 Å². The minimum atomic E-state index is 0.655. The van der Waals surface area contributed by atoms with Crippen LogP contribution in [0.4, 0.5) is 0 Å². The van der Waals surface area contributed by atoms with Gasteiger partial charge in [0.25, 0.3) is 0 Å². The molecule has 2 atom stereocenters. The fourth-order valence-corrected chi connectivity index (χ4v) is 4.88. The van der Waals surface area contributed by atoms with E-state index in [1.807, 2.05) is 0 Å². The van der Waals surface area contributed by atoms with Gasteiger partial charge >= 0.3 is 0 Å². The molecule has 2 heterocycles. The SMILES string of the molecule is NCC(CC1CCCCC1)N1CCC(N2CCCCC2)C1. The predicted octanol–water partition coefficient (Wildman–Crippen LogP) is 2.84. The van der Waals surface area contributed by atoms with Crippen molar-refractivity contribution in [2.45, 2.75) is 76.3 Å². The molecular formula is C18H35N3. The van der Waals surface area contributed by atoms with Gasteiger partial charge in [-0.05, 0) is 44.7 Å². The molecule has 3 rings (SSSR count). The molecule has 3 aliphatic rings. The average Bonchev–Trinajstić information content (AvgIpc) is 3.04. The maximum absolute atomic E-state index is 6.14. The molecule has 0 spiro atoms. The summed E-state index contributed by atoms with van der Waals surface area (Å²) in [5.41, 5.74) is 6.14. The lowest BCUT2D eigenvalue weighted by atomic mass is 9.84. The normalized spacial score (nSPS) is 31.6. The van der Waals surface area contributed by atoms with E-state index >= 15 is 0 Å². The Morgan fingerprint density at radius 1 is 0.857 bits per heavy atom. The van der Waals surface area contributed by atoms with Gasteiger partial charge < -0.3 is 5.73 Å². The van der Waals surface area contributed by atoms with Gasteiger partial charge in [0.05, 0.1) is 0 Å². The van der Waals surface area contributed by atoms with Gasteiger partial charge in [0.15, 0.2) is 0 Å². The Morgan fingerprint density at radius 2 is 1.57 bits per heavy atom. The lowest BCUT2D eigenvalue weighted by Gasteiger charge is -2.34. The molecule has 0 aromatic carbocycles. The molecule has 2 aliphatic heterocycles. The molecule has 0 aromatic rings. The highest BCUT2D eigenvalue weighted by Gasteiger charge is 2.32. The van der Waals surface area contributed by atoms with E-state index < -0.39 is 0 Å². The molecule has 0 aromatic heterocycles. The second-order valence-corrected chi connectivity index (χ2v) is 7.66. The van der Waals surface area contributed by atoms with Crippen LogP contribution in [0.25, 0.3) is 0 Å². The molecule has 2 unspecified atom stereocenters. The Balaban J connectivity index is 1.48. The third kappa shape index (κ3) is 4.20. The van der Waals surface area contributed by atoms with Crippen molar-refractivity contribution >= 4 is 0 Å². The first kappa shape index (κ1) is 15.8. The molecule has 2 saturated heterocycles. The molecule has 3 fully saturated rings. The fourth-order valence-electron chi connectivity index (χ4n) is 4.88. The summed E-state index contributed by atoms with van der Waals surface area (Å²) in [5, 5.41) is 0. The largest absolute Gasteiger partial charge is 0.329 e. The monoisotopic (exact) mass is 293 g/mol. The van der Waals surface area contributed by atoms with E-state index in [4.69, 9.17) is 5.73 Å². The smallest absolute Gasteiger partial charge is 0.0235 e. The number of hydrogen-bond acceptors (Lipinski definition) is 3. The zero-order valence-corrected chi connectivity index (χ0v) is 13.8. The molecule has 0 bridgehead atoms. The van der Waals surface area contributed by atoms with E-state index in [-0.39, 0.29) is 0 Å². The zero-order chi connectivity index (χ0) is 14.5. The van der Waals surface area contributed by atoms with Crippen molar-refractivity contribution in [2.24, 2.45) is 11.7 Å².